The summed E-state index contributed by atoms with van der Waals surface area (Å²) in [7, 11) is -3.57. The van der Waals surface area contributed by atoms with Gasteiger partial charge < -0.3 is 14.0 Å². The molecule has 2 aliphatic rings. The molecule has 47 heavy (non-hydrogen) atoms. The van der Waals surface area contributed by atoms with Crippen LogP contribution in [0.25, 0.3) is 44.5 Å². The Hall–Kier alpha value is -5.63. The van der Waals surface area contributed by atoms with E-state index in [-0.39, 0.29) is 0 Å². The second kappa shape index (κ2) is 10.7. The highest BCUT2D eigenvalue weighted by Gasteiger charge is 2.48. The number of fused-ring (bicyclic) bond motifs is 4. The topological polar surface area (TPSA) is 35.5 Å². The zero-order valence-electron chi connectivity index (χ0n) is 25.7. The van der Waals surface area contributed by atoms with E-state index in [1.165, 1.54) is 0 Å². The fourth-order valence-corrected chi connectivity index (χ4v) is 10.1. The number of hydrogen-bond acceptors (Lipinski definition) is 3. The highest BCUT2D eigenvalue weighted by Crippen LogP contribution is 2.62. The summed E-state index contributed by atoms with van der Waals surface area (Å²) in [6.45, 7) is 2.10. The van der Waals surface area contributed by atoms with Crippen molar-refractivity contribution < 1.29 is 14.0 Å². The van der Waals surface area contributed by atoms with Crippen molar-refractivity contribution >= 4 is 23.1 Å². The molecule has 4 heteroatoms. The minimum atomic E-state index is -3.57. The summed E-state index contributed by atoms with van der Waals surface area (Å²) < 4.78 is 30.4. The zero-order valence-corrected chi connectivity index (χ0v) is 26.6. The van der Waals surface area contributed by atoms with Crippen LogP contribution >= 0.6 is 7.14 Å². The van der Waals surface area contributed by atoms with Crippen molar-refractivity contribution in [3.05, 3.63) is 163 Å². The first-order chi connectivity index (χ1) is 23.1. The van der Waals surface area contributed by atoms with Gasteiger partial charge in [-0.25, -0.2) is 0 Å². The second-order valence-corrected chi connectivity index (χ2v) is 14.7. The first kappa shape index (κ1) is 27.7. The highest BCUT2D eigenvalue weighted by molar-refractivity contribution is 7.86. The molecular weight excluding hydrogens is 595 g/mol. The largest absolute Gasteiger partial charge is 0.455 e. The summed E-state index contributed by atoms with van der Waals surface area (Å²) >= 11 is 0. The van der Waals surface area contributed by atoms with Gasteiger partial charge in [0, 0.05) is 11.1 Å². The summed E-state index contributed by atoms with van der Waals surface area (Å²) in [5, 5.41) is 1.99. The first-order valence-corrected chi connectivity index (χ1v) is 17.5. The number of benzene rings is 7. The van der Waals surface area contributed by atoms with Crippen molar-refractivity contribution in [1.82, 2.24) is 0 Å². The standard InChI is InChI=1S/C43H29O3P/c1-28-13-11-12-20-34(28)36-27-35(31-18-9-4-10-19-31)41-43-42(36)46-38-24-22-33(30-16-7-3-8-17-30)26-40(38)47(43,44)39-25-32(21-23-37(39)45-41)29-14-5-2-6-15-29/h2-27H,1H3. The Morgan fingerprint density at radius 1 is 0.426 bits per heavy atom. The van der Waals surface area contributed by atoms with E-state index in [2.05, 4.69) is 85.8 Å². The molecule has 0 bridgehead atoms. The molecule has 2 aliphatic heterocycles. The molecule has 0 aromatic heterocycles. The zero-order chi connectivity index (χ0) is 31.5. The second-order valence-electron chi connectivity index (χ2n) is 12.1. The fourth-order valence-electron chi connectivity index (χ4n) is 6.94. The van der Waals surface area contributed by atoms with E-state index < -0.39 is 7.14 Å². The predicted molar refractivity (Wildman–Crippen MR) is 192 cm³/mol. The number of hydrogen-bond donors (Lipinski definition) is 0. The van der Waals surface area contributed by atoms with Gasteiger partial charge >= 0.3 is 0 Å². The minimum absolute atomic E-state index is 0.586. The Kier molecular flexibility index (Phi) is 6.31. The average molecular weight is 625 g/mol. The monoisotopic (exact) mass is 624 g/mol. The summed E-state index contributed by atoms with van der Waals surface area (Å²) in [6, 6.07) is 53.2. The Balaban J connectivity index is 1.40. The van der Waals surface area contributed by atoms with Gasteiger partial charge in [0.05, 0.1) is 10.6 Å². The van der Waals surface area contributed by atoms with Crippen LogP contribution in [0.5, 0.6) is 23.0 Å². The van der Waals surface area contributed by atoms with Crippen LogP contribution in [0.2, 0.25) is 0 Å². The van der Waals surface area contributed by atoms with Gasteiger partial charge in [0.15, 0.2) is 7.14 Å². The molecule has 0 aliphatic carbocycles. The molecule has 9 rings (SSSR count). The normalized spacial score (nSPS) is 15.4. The van der Waals surface area contributed by atoms with Crippen molar-refractivity contribution in [2.45, 2.75) is 6.92 Å². The van der Waals surface area contributed by atoms with Crippen LogP contribution in [0.1, 0.15) is 5.56 Å². The van der Waals surface area contributed by atoms with Crippen LogP contribution in [-0.4, -0.2) is 0 Å². The van der Waals surface area contributed by atoms with Gasteiger partial charge in [0.2, 0.25) is 0 Å². The Labute approximate surface area is 274 Å². The lowest BCUT2D eigenvalue weighted by Gasteiger charge is -2.37. The van der Waals surface area contributed by atoms with Crippen LogP contribution in [0.15, 0.2) is 158 Å². The quantitative estimate of drug-likeness (QED) is 0.183. The lowest BCUT2D eigenvalue weighted by Crippen LogP contribution is -2.36. The highest BCUT2D eigenvalue weighted by atomic mass is 31.2. The third-order valence-electron chi connectivity index (χ3n) is 9.28. The minimum Gasteiger partial charge on any atom is -0.455 e. The van der Waals surface area contributed by atoms with E-state index in [1.807, 2.05) is 78.9 Å². The summed E-state index contributed by atoms with van der Waals surface area (Å²) in [4.78, 5) is 0. The van der Waals surface area contributed by atoms with Gasteiger partial charge in [-0.2, -0.15) is 0 Å². The van der Waals surface area contributed by atoms with Gasteiger partial charge in [-0.05, 0) is 76.2 Å². The number of ether oxygens (including phenoxy) is 2. The molecule has 0 saturated heterocycles. The van der Waals surface area contributed by atoms with Crippen LogP contribution in [0.4, 0.5) is 0 Å². The van der Waals surface area contributed by atoms with Gasteiger partial charge in [-0.3, -0.25) is 0 Å². The summed E-state index contributed by atoms with van der Waals surface area (Å²) in [5.41, 5.74) is 8.97. The van der Waals surface area contributed by atoms with E-state index in [9.17, 15) is 0 Å². The van der Waals surface area contributed by atoms with Gasteiger partial charge in [-0.1, -0.05) is 127 Å². The maximum absolute atomic E-state index is 16.6. The Bertz CT molecular complexity index is 2330. The average Bonchev–Trinajstić information content (AvgIpc) is 3.13. The van der Waals surface area contributed by atoms with Crippen LogP contribution < -0.4 is 25.4 Å². The number of rotatable bonds is 4. The molecule has 0 fully saturated rings. The molecule has 0 N–H and O–H groups in total. The smallest absolute Gasteiger partial charge is 0.185 e. The molecule has 0 amide bonds. The van der Waals surface area contributed by atoms with Crippen molar-refractivity contribution in [3.63, 3.8) is 0 Å². The van der Waals surface area contributed by atoms with Crippen LogP contribution in [0, 0.1) is 6.92 Å². The molecule has 0 radical (unpaired) electrons. The Morgan fingerprint density at radius 3 is 1.43 bits per heavy atom. The first-order valence-electron chi connectivity index (χ1n) is 15.8. The molecule has 3 nitrogen and oxygen atoms in total. The summed E-state index contributed by atoms with van der Waals surface area (Å²) in [5.74, 6) is 2.38. The Morgan fingerprint density at radius 2 is 0.894 bits per heavy atom. The van der Waals surface area contributed by atoms with E-state index in [1.54, 1.807) is 0 Å². The maximum atomic E-state index is 16.6. The van der Waals surface area contributed by atoms with Crippen molar-refractivity contribution in [1.29, 1.82) is 0 Å². The molecule has 1 atom stereocenters. The third-order valence-corrected chi connectivity index (χ3v) is 12.4. The lowest BCUT2D eigenvalue weighted by atomic mass is 9.94. The van der Waals surface area contributed by atoms with Crippen LogP contribution in [-0.2, 0) is 4.57 Å². The molecule has 0 saturated carbocycles. The predicted octanol–water partition coefficient (Wildman–Crippen LogP) is 10.5. The molecule has 2 heterocycles. The molecule has 1 unspecified atom stereocenters. The number of aryl methyl sites for hydroxylation is 1. The summed E-state index contributed by atoms with van der Waals surface area (Å²) in [6.07, 6.45) is 0. The van der Waals surface area contributed by atoms with Crippen molar-refractivity contribution in [3.8, 4) is 67.5 Å². The van der Waals surface area contributed by atoms with Crippen molar-refractivity contribution in [2.75, 3.05) is 0 Å². The van der Waals surface area contributed by atoms with E-state index in [0.29, 0.717) is 38.9 Å². The maximum Gasteiger partial charge on any atom is 0.185 e. The van der Waals surface area contributed by atoms with Gasteiger partial charge in [-0.15, -0.1) is 0 Å². The van der Waals surface area contributed by atoms with Crippen molar-refractivity contribution in [2.24, 2.45) is 0 Å². The molecule has 7 aromatic carbocycles. The molecule has 224 valence electrons. The van der Waals surface area contributed by atoms with E-state index in [4.69, 9.17) is 9.47 Å². The molecular formula is C43H29O3P. The third kappa shape index (κ3) is 4.31. The molecule has 0 spiro atoms. The lowest BCUT2D eigenvalue weighted by molar-refractivity contribution is 0.464. The van der Waals surface area contributed by atoms with E-state index in [0.717, 1.165) is 50.1 Å². The van der Waals surface area contributed by atoms with E-state index >= 15 is 4.57 Å². The van der Waals surface area contributed by atoms with Crippen LogP contribution in [0.3, 0.4) is 0 Å². The van der Waals surface area contributed by atoms with Gasteiger partial charge in [0.25, 0.3) is 0 Å². The SMILES string of the molecule is Cc1ccccc1-c1cc(-c2ccccc2)c2c3c1Oc1ccc(-c4ccccc4)cc1P3(=O)c1cc(-c3ccccc3)ccc1O2. The molecule has 7 aromatic rings. The van der Waals surface area contributed by atoms with Gasteiger partial charge in [0.1, 0.15) is 28.3 Å². The fraction of sp³-hybridized carbons (Fsp3) is 0.0233.